The van der Waals surface area contributed by atoms with Gasteiger partial charge in [-0.05, 0) is 38.0 Å². The molecule has 0 unspecified atom stereocenters. The van der Waals surface area contributed by atoms with Gasteiger partial charge in [-0.1, -0.05) is 19.4 Å². The third kappa shape index (κ3) is 4.16. The van der Waals surface area contributed by atoms with Crippen molar-refractivity contribution in [2.75, 3.05) is 0 Å². The summed E-state index contributed by atoms with van der Waals surface area (Å²) < 4.78 is 13.1. The SMILES string of the molecule is CCCC(C)(C)NCc1ccc(F)c(C#N)c1. The summed E-state index contributed by atoms with van der Waals surface area (Å²) in [5.41, 5.74) is 1.11. The van der Waals surface area contributed by atoms with Crippen LogP contribution in [-0.2, 0) is 6.54 Å². The maximum Gasteiger partial charge on any atom is 0.140 e. The molecule has 0 aromatic heterocycles. The number of hydrogen-bond acceptors (Lipinski definition) is 2. The monoisotopic (exact) mass is 234 g/mol. The van der Waals surface area contributed by atoms with E-state index in [0.29, 0.717) is 6.54 Å². The van der Waals surface area contributed by atoms with Gasteiger partial charge in [0.15, 0.2) is 0 Å². The van der Waals surface area contributed by atoms with Crippen LogP contribution >= 0.6 is 0 Å². The molecule has 1 aromatic carbocycles. The first-order chi connectivity index (χ1) is 7.98. The van der Waals surface area contributed by atoms with Crippen molar-refractivity contribution in [1.82, 2.24) is 5.32 Å². The maximum absolute atomic E-state index is 13.1. The van der Waals surface area contributed by atoms with Gasteiger partial charge in [0.05, 0.1) is 5.56 Å². The lowest BCUT2D eigenvalue weighted by molar-refractivity contribution is 0.357. The van der Waals surface area contributed by atoms with Crippen molar-refractivity contribution in [2.45, 2.75) is 45.7 Å². The minimum atomic E-state index is -0.455. The second-order valence-electron chi connectivity index (χ2n) is 4.91. The van der Waals surface area contributed by atoms with E-state index in [2.05, 4.69) is 26.1 Å². The molecule has 0 bridgehead atoms. The highest BCUT2D eigenvalue weighted by Gasteiger charge is 2.15. The summed E-state index contributed by atoms with van der Waals surface area (Å²) in [7, 11) is 0. The Balaban J connectivity index is 2.67. The third-order valence-electron chi connectivity index (χ3n) is 2.80. The van der Waals surface area contributed by atoms with Crippen LogP contribution in [0.4, 0.5) is 4.39 Å². The van der Waals surface area contributed by atoms with E-state index < -0.39 is 5.82 Å². The zero-order valence-electron chi connectivity index (χ0n) is 10.7. The molecule has 1 aromatic rings. The van der Waals surface area contributed by atoms with E-state index in [-0.39, 0.29) is 11.1 Å². The standard InChI is InChI=1S/C14H19FN2/c1-4-7-14(2,3)17-10-11-5-6-13(15)12(8-11)9-16/h5-6,8,17H,4,7,10H2,1-3H3. The Hall–Kier alpha value is -1.40. The Morgan fingerprint density at radius 3 is 2.71 bits per heavy atom. The molecular weight excluding hydrogens is 215 g/mol. The first kappa shape index (κ1) is 13.7. The molecule has 0 aliphatic heterocycles. The maximum atomic E-state index is 13.1. The lowest BCUT2D eigenvalue weighted by Crippen LogP contribution is -2.38. The van der Waals surface area contributed by atoms with Crippen LogP contribution in [0, 0.1) is 17.1 Å². The Bertz CT molecular complexity index is 419. The Labute approximate surface area is 102 Å². The zero-order chi connectivity index (χ0) is 12.9. The Morgan fingerprint density at radius 1 is 1.41 bits per heavy atom. The minimum absolute atomic E-state index is 0.0654. The van der Waals surface area contributed by atoms with Gasteiger partial charge in [-0.15, -0.1) is 0 Å². The summed E-state index contributed by atoms with van der Waals surface area (Å²) in [6, 6.07) is 6.52. The van der Waals surface area contributed by atoms with E-state index in [1.165, 1.54) is 6.07 Å². The molecule has 2 nitrogen and oxygen atoms in total. The van der Waals surface area contributed by atoms with E-state index in [9.17, 15) is 4.39 Å². The molecular formula is C14H19FN2. The fraction of sp³-hybridized carbons (Fsp3) is 0.500. The van der Waals surface area contributed by atoms with Crippen molar-refractivity contribution in [2.24, 2.45) is 0 Å². The Morgan fingerprint density at radius 2 is 2.12 bits per heavy atom. The third-order valence-corrected chi connectivity index (χ3v) is 2.80. The van der Waals surface area contributed by atoms with Crippen LogP contribution in [0.5, 0.6) is 0 Å². The molecule has 3 heteroatoms. The highest BCUT2D eigenvalue weighted by molar-refractivity contribution is 5.34. The molecule has 0 aliphatic rings. The van der Waals surface area contributed by atoms with Crippen molar-refractivity contribution in [3.05, 3.63) is 35.1 Å². The van der Waals surface area contributed by atoms with Crippen LogP contribution in [-0.4, -0.2) is 5.54 Å². The van der Waals surface area contributed by atoms with Crippen LogP contribution < -0.4 is 5.32 Å². The van der Waals surface area contributed by atoms with E-state index in [4.69, 9.17) is 5.26 Å². The number of nitrogens with zero attached hydrogens (tertiary/aromatic N) is 1. The summed E-state index contributed by atoms with van der Waals surface area (Å²) >= 11 is 0. The first-order valence-corrected chi connectivity index (χ1v) is 5.92. The average molecular weight is 234 g/mol. The quantitative estimate of drug-likeness (QED) is 0.848. The molecule has 0 spiro atoms. The molecule has 0 saturated heterocycles. The van der Waals surface area contributed by atoms with Crippen LogP contribution in [0.15, 0.2) is 18.2 Å². The van der Waals surface area contributed by atoms with E-state index in [1.54, 1.807) is 12.1 Å². The molecule has 17 heavy (non-hydrogen) atoms. The fourth-order valence-electron chi connectivity index (χ4n) is 1.82. The van der Waals surface area contributed by atoms with Crippen LogP contribution in [0.1, 0.15) is 44.7 Å². The van der Waals surface area contributed by atoms with Gasteiger partial charge >= 0.3 is 0 Å². The summed E-state index contributed by atoms with van der Waals surface area (Å²) in [4.78, 5) is 0. The summed E-state index contributed by atoms with van der Waals surface area (Å²) in [5, 5.41) is 12.2. The number of benzene rings is 1. The molecule has 0 radical (unpaired) electrons. The summed E-state index contributed by atoms with van der Waals surface area (Å²) in [6.45, 7) is 7.09. The van der Waals surface area contributed by atoms with E-state index in [1.807, 2.05) is 6.07 Å². The molecule has 1 rings (SSSR count). The number of nitriles is 1. The van der Waals surface area contributed by atoms with Gasteiger partial charge in [-0.3, -0.25) is 0 Å². The molecule has 0 atom stereocenters. The number of nitrogens with one attached hydrogen (secondary N) is 1. The highest BCUT2D eigenvalue weighted by Crippen LogP contribution is 2.14. The number of rotatable bonds is 5. The normalized spacial score (nSPS) is 11.2. The van der Waals surface area contributed by atoms with E-state index in [0.717, 1.165) is 18.4 Å². The van der Waals surface area contributed by atoms with Gasteiger partial charge in [0.25, 0.3) is 0 Å². The molecule has 0 fully saturated rings. The summed E-state index contributed by atoms with van der Waals surface area (Å²) in [6.07, 6.45) is 2.20. The van der Waals surface area contributed by atoms with Gasteiger partial charge < -0.3 is 5.32 Å². The minimum Gasteiger partial charge on any atom is -0.308 e. The number of halogens is 1. The smallest absolute Gasteiger partial charge is 0.140 e. The summed E-state index contributed by atoms with van der Waals surface area (Å²) in [5.74, 6) is -0.455. The van der Waals surface area contributed by atoms with Crippen molar-refractivity contribution in [3.63, 3.8) is 0 Å². The second-order valence-corrected chi connectivity index (χ2v) is 4.91. The molecule has 92 valence electrons. The average Bonchev–Trinajstić information content (AvgIpc) is 2.28. The van der Waals surface area contributed by atoms with Crippen LogP contribution in [0.3, 0.4) is 0 Å². The van der Waals surface area contributed by atoms with Crippen molar-refractivity contribution in [3.8, 4) is 6.07 Å². The highest BCUT2D eigenvalue weighted by atomic mass is 19.1. The van der Waals surface area contributed by atoms with E-state index >= 15 is 0 Å². The Kier molecular flexibility index (Phi) is 4.65. The largest absolute Gasteiger partial charge is 0.308 e. The van der Waals surface area contributed by atoms with Crippen LogP contribution in [0.2, 0.25) is 0 Å². The number of hydrogen-bond donors (Lipinski definition) is 1. The molecule has 1 N–H and O–H groups in total. The predicted octanol–water partition coefficient (Wildman–Crippen LogP) is 3.37. The fourth-order valence-corrected chi connectivity index (χ4v) is 1.82. The second kappa shape index (κ2) is 5.79. The molecule has 0 heterocycles. The van der Waals surface area contributed by atoms with Gasteiger partial charge in [-0.25, -0.2) is 4.39 Å². The molecule has 0 aliphatic carbocycles. The lowest BCUT2D eigenvalue weighted by atomic mass is 9.98. The van der Waals surface area contributed by atoms with Gasteiger partial charge in [0.1, 0.15) is 11.9 Å². The topological polar surface area (TPSA) is 35.8 Å². The van der Waals surface area contributed by atoms with Crippen molar-refractivity contribution < 1.29 is 4.39 Å². The van der Waals surface area contributed by atoms with Crippen molar-refractivity contribution >= 4 is 0 Å². The zero-order valence-corrected chi connectivity index (χ0v) is 10.7. The van der Waals surface area contributed by atoms with Gasteiger partial charge in [0, 0.05) is 12.1 Å². The van der Waals surface area contributed by atoms with Gasteiger partial charge in [0.2, 0.25) is 0 Å². The molecule has 0 saturated carbocycles. The first-order valence-electron chi connectivity index (χ1n) is 5.92. The molecule has 0 amide bonds. The lowest BCUT2D eigenvalue weighted by Gasteiger charge is -2.26. The van der Waals surface area contributed by atoms with Crippen molar-refractivity contribution in [1.29, 1.82) is 5.26 Å². The van der Waals surface area contributed by atoms with Gasteiger partial charge in [-0.2, -0.15) is 5.26 Å². The van der Waals surface area contributed by atoms with Crippen LogP contribution in [0.25, 0.3) is 0 Å². The predicted molar refractivity (Wildman–Crippen MR) is 66.9 cm³/mol.